The number of carbonyl (C=O) groups is 1. The Kier molecular flexibility index (Phi) is 4.95. The maximum atomic E-state index is 12.0. The van der Waals surface area contributed by atoms with Gasteiger partial charge in [0.15, 0.2) is 0 Å². The molecule has 0 saturated carbocycles. The van der Waals surface area contributed by atoms with Gasteiger partial charge < -0.3 is 10.6 Å². The highest BCUT2D eigenvalue weighted by atomic mass is 79.9. The molecule has 1 atom stereocenters. The highest BCUT2D eigenvalue weighted by Crippen LogP contribution is 2.24. The quantitative estimate of drug-likeness (QED) is 0.891. The van der Waals surface area contributed by atoms with Gasteiger partial charge in [-0.3, -0.25) is 0 Å². The predicted molar refractivity (Wildman–Crippen MR) is 83.1 cm³/mol. The van der Waals surface area contributed by atoms with Crippen molar-refractivity contribution in [2.75, 3.05) is 5.32 Å². The van der Waals surface area contributed by atoms with Crippen molar-refractivity contribution < 1.29 is 4.79 Å². The van der Waals surface area contributed by atoms with E-state index in [1.807, 2.05) is 18.2 Å². The largest absolute Gasteiger partial charge is 0.334 e. The first-order valence-electron chi connectivity index (χ1n) is 6.34. The van der Waals surface area contributed by atoms with Crippen molar-refractivity contribution in [3.05, 3.63) is 41.1 Å². The summed E-state index contributed by atoms with van der Waals surface area (Å²) in [5.41, 5.74) is 1.38. The summed E-state index contributed by atoms with van der Waals surface area (Å²) in [5, 5.41) is 18.2. The van der Waals surface area contributed by atoms with E-state index < -0.39 is 0 Å². The SMILES string of the molecule is CC(CC#N)NC(=O)Nc1cc(Br)ccc1-n1cccn1. The first kappa shape index (κ1) is 15.1. The molecule has 21 heavy (non-hydrogen) atoms. The molecule has 0 spiro atoms. The topological polar surface area (TPSA) is 82.7 Å². The maximum absolute atomic E-state index is 12.0. The summed E-state index contributed by atoms with van der Waals surface area (Å²) >= 11 is 3.38. The minimum Gasteiger partial charge on any atom is -0.334 e. The molecule has 0 aliphatic rings. The lowest BCUT2D eigenvalue weighted by atomic mass is 10.2. The van der Waals surface area contributed by atoms with Gasteiger partial charge in [0.05, 0.1) is 23.9 Å². The zero-order valence-corrected chi connectivity index (χ0v) is 13.0. The number of carbonyl (C=O) groups excluding carboxylic acids is 1. The second kappa shape index (κ2) is 6.90. The molecule has 0 radical (unpaired) electrons. The van der Waals surface area contributed by atoms with Crippen LogP contribution in [0.3, 0.4) is 0 Å². The molecular formula is C14H14BrN5O. The van der Waals surface area contributed by atoms with E-state index in [1.54, 1.807) is 36.1 Å². The highest BCUT2D eigenvalue weighted by Gasteiger charge is 2.11. The Morgan fingerprint density at radius 1 is 1.57 bits per heavy atom. The predicted octanol–water partition coefficient (Wildman–Crippen LogP) is 3.06. The first-order chi connectivity index (χ1) is 10.1. The Labute approximate surface area is 130 Å². The number of anilines is 1. The van der Waals surface area contributed by atoms with Crippen molar-refractivity contribution in [1.82, 2.24) is 15.1 Å². The Balaban J connectivity index is 2.18. The molecule has 0 fully saturated rings. The molecule has 1 heterocycles. The van der Waals surface area contributed by atoms with Gasteiger partial charge in [-0.1, -0.05) is 15.9 Å². The van der Waals surface area contributed by atoms with Crippen molar-refractivity contribution in [2.45, 2.75) is 19.4 Å². The zero-order valence-electron chi connectivity index (χ0n) is 11.4. The van der Waals surface area contributed by atoms with Crippen molar-refractivity contribution in [2.24, 2.45) is 0 Å². The number of amides is 2. The number of halogens is 1. The van der Waals surface area contributed by atoms with Crippen LogP contribution in [0.25, 0.3) is 5.69 Å². The van der Waals surface area contributed by atoms with Gasteiger partial charge in [0.2, 0.25) is 0 Å². The summed E-state index contributed by atoms with van der Waals surface area (Å²) < 4.78 is 2.51. The monoisotopic (exact) mass is 347 g/mol. The first-order valence-corrected chi connectivity index (χ1v) is 7.13. The second-order valence-electron chi connectivity index (χ2n) is 4.47. The average molecular weight is 348 g/mol. The lowest BCUT2D eigenvalue weighted by Gasteiger charge is -2.14. The molecule has 2 N–H and O–H groups in total. The van der Waals surface area contributed by atoms with Gasteiger partial charge in [-0.05, 0) is 31.2 Å². The number of rotatable bonds is 4. The fraction of sp³-hybridized carbons (Fsp3) is 0.214. The number of urea groups is 1. The lowest BCUT2D eigenvalue weighted by Crippen LogP contribution is -2.36. The Morgan fingerprint density at radius 2 is 2.38 bits per heavy atom. The smallest absolute Gasteiger partial charge is 0.319 e. The van der Waals surface area contributed by atoms with Crippen LogP contribution in [0.15, 0.2) is 41.1 Å². The van der Waals surface area contributed by atoms with Gasteiger partial charge in [0.25, 0.3) is 0 Å². The fourth-order valence-corrected chi connectivity index (χ4v) is 2.15. The fourth-order valence-electron chi connectivity index (χ4n) is 1.79. The molecule has 0 aliphatic carbocycles. The van der Waals surface area contributed by atoms with Crippen LogP contribution >= 0.6 is 15.9 Å². The van der Waals surface area contributed by atoms with Crippen molar-refractivity contribution in [3.63, 3.8) is 0 Å². The van der Waals surface area contributed by atoms with Crippen molar-refractivity contribution in [3.8, 4) is 11.8 Å². The Morgan fingerprint density at radius 3 is 3.05 bits per heavy atom. The second-order valence-corrected chi connectivity index (χ2v) is 5.39. The average Bonchev–Trinajstić information content (AvgIpc) is 2.92. The molecule has 2 amide bonds. The van der Waals surface area contributed by atoms with E-state index in [4.69, 9.17) is 5.26 Å². The number of nitrogens with zero attached hydrogens (tertiary/aromatic N) is 3. The van der Waals surface area contributed by atoms with E-state index in [1.165, 1.54) is 0 Å². The van der Waals surface area contributed by atoms with Gasteiger partial charge >= 0.3 is 6.03 Å². The van der Waals surface area contributed by atoms with E-state index in [0.29, 0.717) is 5.69 Å². The molecule has 1 aromatic heterocycles. The van der Waals surface area contributed by atoms with Crippen LogP contribution in [0.4, 0.5) is 10.5 Å². The van der Waals surface area contributed by atoms with E-state index in [2.05, 4.69) is 31.7 Å². The molecule has 0 bridgehead atoms. The summed E-state index contributed by atoms with van der Waals surface area (Å²) in [7, 11) is 0. The number of hydrogen-bond acceptors (Lipinski definition) is 3. The maximum Gasteiger partial charge on any atom is 0.319 e. The molecule has 2 rings (SSSR count). The minimum atomic E-state index is -0.357. The Bertz CT molecular complexity index is 662. The molecule has 1 unspecified atom stereocenters. The number of aromatic nitrogens is 2. The lowest BCUT2D eigenvalue weighted by molar-refractivity contribution is 0.249. The third kappa shape index (κ3) is 4.07. The summed E-state index contributed by atoms with van der Waals surface area (Å²) in [6.07, 6.45) is 3.73. The van der Waals surface area contributed by atoms with Crippen LogP contribution in [0.1, 0.15) is 13.3 Å². The van der Waals surface area contributed by atoms with E-state index in [-0.39, 0.29) is 18.5 Å². The van der Waals surface area contributed by atoms with Gasteiger partial charge in [-0.15, -0.1) is 0 Å². The molecule has 6 nitrogen and oxygen atoms in total. The third-order valence-corrected chi connectivity index (χ3v) is 3.23. The number of hydrogen-bond donors (Lipinski definition) is 2. The summed E-state index contributed by atoms with van der Waals surface area (Å²) in [5.74, 6) is 0. The number of nitrogens with one attached hydrogen (secondary N) is 2. The van der Waals surface area contributed by atoms with Crippen LogP contribution in [-0.4, -0.2) is 21.9 Å². The molecule has 1 aromatic carbocycles. The van der Waals surface area contributed by atoms with E-state index >= 15 is 0 Å². The van der Waals surface area contributed by atoms with Crippen LogP contribution in [-0.2, 0) is 0 Å². The number of benzene rings is 1. The van der Waals surface area contributed by atoms with Gasteiger partial charge in [0, 0.05) is 22.9 Å². The molecule has 0 aliphatic heterocycles. The van der Waals surface area contributed by atoms with Gasteiger partial charge in [0.1, 0.15) is 0 Å². The van der Waals surface area contributed by atoms with Crippen LogP contribution in [0.2, 0.25) is 0 Å². The van der Waals surface area contributed by atoms with Crippen molar-refractivity contribution >= 4 is 27.6 Å². The molecule has 7 heteroatoms. The summed E-state index contributed by atoms with van der Waals surface area (Å²) in [6.45, 7) is 1.78. The van der Waals surface area contributed by atoms with Crippen LogP contribution in [0.5, 0.6) is 0 Å². The minimum absolute atomic E-state index is 0.213. The van der Waals surface area contributed by atoms with E-state index in [9.17, 15) is 4.79 Å². The van der Waals surface area contributed by atoms with E-state index in [0.717, 1.165) is 10.2 Å². The van der Waals surface area contributed by atoms with Gasteiger partial charge in [-0.2, -0.15) is 10.4 Å². The normalized spacial score (nSPS) is 11.5. The van der Waals surface area contributed by atoms with Gasteiger partial charge in [-0.25, -0.2) is 9.48 Å². The van der Waals surface area contributed by atoms with Crippen LogP contribution in [0, 0.1) is 11.3 Å². The number of nitriles is 1. The summed E-state index contributed by atoms with van der Waals surface area (Å²) in [4.78, 5) is 12.0. The molecule has 108 valence electrons. The highest BCUT2D eigenvalue weighted by molar-refractivity contribution is 9.10. The molecule has 0 saturated heterocycles. The van der Waals surface area contributed by atoms with Crippen molar-refractivity contribution in [1.29, 1.82) is 5.26 Å². The standard InChI is InChI=1S/C14H14BrN5O/c1-10(5-6-16)18-14(21)19-12-9-11(15)3-4-13(12)20-8-2-7-17-20/h2-4,7-10H,5H2,1H3,(H2,18,19,21). The third-order valence-electron chi connectivity index (χ3n) is 2.73. The molecule has 2 aromatic rings. The van der Waals surface area contributed by atoms with Crippen LogP contribution < -0.4 is 10.6 Å². The zero-order chi connectivity index (χ0) is 15.2. The molecular weight excluding hydrogens is 334 g/mol. The Hall–Kier alpha value is -2.33. The summed E-state index contributed by atoms with van der Waals surface area (Å²) in [6, 6.07) is 8.78.